The van der Waals surface area contributed by atoms with Gasteiger partial charge in [-0.2, -0.15) is 0 Å². The molecule has 1 rings (SSSR count). The van der Waals surface area contributed by atoms with Gasteiger partial charge in [0.15, 0.2) is 0 Å². The van der Waals surface area contributed by atoms with Crippen molar-refractivity contribution in [3.05, 3.63) is 0 Å². The largest absolute Gasteiger partial charge is 0.347 e. The zero-order chi connectivity index (χ0) is 13.0. The van der Waals surface area contributed by atoms with Crippen LogP contribution < -0.4 is 11.1 Å². The van der Waals surface area contributed by atoms with Gasteiger partial charge in [-0.15, -0.1) is 0 Å². The molecule has 1 aliphatic rings. The Morgan fingerprint density at radius 1 is 1.35 bits per heavy atom. The third kappa shape index (κ3) is 4.00. The van der Waals surface area contributed by atoms with Crippen molar-refractivity contribution in [1.29, 1.82) is 0 Å². The summed E-state index contributed by atoms with van der Waals surface area (Å²) in [6, 6.07) is 0.220. The summed E-state index contributed by atoms with van der Waals surface area (Å²) >= 11 is 0. The van der Waals surface area contributed by atoms with Crippen molar-refractivity contribution in [2.75, 3.05) is 20.6 Å². The summed E-state index contributed by atoms with van der Waals surface area (Å²) in [6.45, 7) is 2.14. The fraction of sp³-hybridized carbons (Fsp3) is 0.833. The zero-order valence-corrected chi connectivity index (χ0v) is 10.9. The lowest BCUT2D eigenvalue weighted by Gasteiger charge is -2.31. The van der Waals surface area contributed by atoms with Gasteiger partial charge in [-0.3, -0.25) is 9.59 Å². The Labute approximate surface area is 103 Å². The van der Waals surface area contributed by atoms with Crippen LogP contribution >= 0.6 is 0 Å². The molecule has 0 aliphatic heterocycles. The first kappa shape index (κ1) is 14.0. The van der Waals surface area contributed by atoms with Gasteiger partial charge >= 0.3 is 0 Å². The van der Waals surface area contributed by atoms with E-state index in [1.54, 1.807) is 14.1 Å². The predicted molar refractivity (Wildman–Crippen MR) is 66.2 cm³/mol. The minimum Gasteiger partial charge on any atom is -0.347 e. The summed E-state index contributed by atoms with van der Waals surface area (Å²) in [4.78, 5) is 24.7. The van der Waals surface area contributed by atoms with Crippen LogP contribution in [0.25, 0.3) is 0 Å². The second-order valence-corrected chi connectivity index (χ2v) is 5.16. The van der Waals surface area contributed by atoms with E-state index in [0.29, 0.717) is 5.92 Å². The van der Waals surface area contributed by atoms with E-state index < -0.39 is 0 Å². The van der Waals surface area contributed by atoms with Crippen molar-refractivity contribution in [3.8, 4) is 0 Å². The Hall–Kier alpha value is -1.10. The van der Waals surface area contributed by atoms with Crippen LogP contribution in [0.15, 0.2) is 0 Å². The van der Waals surface area contributed by atoms with Crippen LogP contribution in [-0.4, -0.2) is 43.4 Å². The van der Waals surface area contributed by atoms with Gasteiger partial charge in [0, 0.05) is 26.1 Å². The fourth-order valence-electron chi connectivity index (χ4n) is 2.28. The molecule has 0 bridgehead atoms. The SMILES string of the molecule is CC1CC(N)CCC1C(=O)NCC(=O)N(C)C. The lowest BCUT2D eigenvalue weighted by molar-refractivity contribution is -0.133. The number of carbonyl (C=O) groups excluding carboxylic acids is 2. The average Bonchev–Trinajstić information content (AvgIpc) is 2.25. The van der Waals surface area contributed by atoms with Gasteiger partial charge < -0.3 is 16.0 Å². The molecule has 1 aliphatic carbocycles. The van der Waals surface area contributed by atoms with Crippen molar-refractivity contribution >= 4 is 11.8 Å². The Balaban J connectivity index is 2.40. The summed E-state index contributed by atoms with van der Waals surface area (Å²) in [5.41, 5.74) is 5.86. The smallest absolute Gasteiger partial charge is 0.241 e. The molecule has 0 aromatic heterocycles. The molecule has 0 heterocycles. The van der Waals surface area contributed by atoms with Crippen LogP contribution in [0.4, 0.5) is 0 Å². The molecule has 98 valence electrons. The molecule has 0 aromatic rings. The highest BCUT2D eigenvalue weighted by atomic mass is 16.2. The highest BCUT2D eigenvalue weighted by Gasteiger charge is 2.30. The van der Waals surface area contributed by atoms with Crippen molar-refractivity contribution in [2.45, 2.75) is 32.2 Å². The number of amides is 2. The van der Waals surface area contributed by atoms with Crippen LogP contribution in [0, 0.1) is 11.8 Å². The zero-order valence-electron chi connectivity index (χ0n) is 10.9. The average molecular weight is 241 g/mol. The number of carbonyl (C=O) groups is 2. The molecule has 3 atom stereocenters. The van der Waals surface area contributed by atoms with Crippen LogP contribution in [-0.2, 0) is 9.59 Å². The third-order valence-electron chi connectivity index (χ3n) is 3.46. The predicted octanol–water partition coefficient (Wildman–Crippen LogP) is -0.0457. The molecule has 5 nitrogen and oxygen atoms in total. The first-order chi connectivity index (χ1) is 7.91. The molecule has 1 saturated carbocycles. The molecule has 5 heteroatoms. The minimum absolute atomic E-state index is 0.00441. The molecule has 17 heavy (non-hydrogen) atoms. The lowest BCUT2D eigenvalue weighted by Crippen LogP contribution is -2.43. The molecule has 0 saturated heterocycles. The highest BCUT2D eigenvalue weighted by molar-refractivity contribution is 5.85. The Morgan fingerprint density at radius 2 is 2.00 bits per heavy atom. The Morgan fingerprint density at radius 3 is 2.53 bits per heavy atom. The second-order valence-electron chi connectivity index (χ2n) is 5.16. The van der Waals surface area contributed by atoms with Gasteiger partial charge in [-0.05, 0) is 25.2 Å². The van der Waals surface area contributed by atoms with E-state index in [0.717, 1.165) is 19.3 Å². The van der Waals surface area contributed by atoms with Gasteiger partial charge in [0.2, 0.25) is 11.8 Å². The number of nitrogens with one attached hydrogen (secondary N) is 1. The Bertz CT molecular complexity index is 291. The third-order valence-corrected chi connectivity index (χ3v) is 3.46. The summed E-state index contributed by atoms with van der Waals surface area (Å²) in [7, 11) is 3.35. The Kier molecular flexibility index (Phi) is 4.93. The number of rotatable bonds is 3. The van der Waals surface area contributed by atoms with Gasteiger partial charge in [0.25, 0.3) is 0 Å². The van der Waals surface area contributed by atoms with E-state index in [1.165, 1.54) is 4.90 Å². The van der Waals surface area contributed by atoms with Crippen molar-refractivity contribution in [2.24, 2.45) is 17.6 Å². The van der Waals surface area contributed by atoms with Crippen molar-refractivity contribution < 1.29 is 9.59 Å². The van der Waals surface area contributed by atoms with E-state index in [4.69, 9.17) is 5.73 Å². The molecule has 3 unspecified atom stereocenters. The number of hydrogen-bond donors (Lipinski definition) is 2. The standard InChI is InChI=1S/C12H23N3O2/c1-8-6-9(13)4-5-10(8)12(17)14-7-11(16)15(2)3/h8-10H,4-7,13H2,1-3H3,(H,14,17). The molecular formula is C12H23N3O2. The van der Waals surface area contributed by atoms with E-state index in [1.807, 2.05) is 0 Å². The molecule has 0 radical (unpaired) electrons. The monoisotopic (exact) mass is 241 g/mol. The lowest BCUT2D eigenvalue weighted by atomic mass is 9.78. The van der Waals surface area contributed by atoms with Crippen LogP contribution in [0.3, 0.4) is 0 Å². The quantitative estimate of drug-likeness (QED) is 0.727. The first-order valence-corrected chi connectivity index (χ1v) is 6.15. The summed E-state index contributed by atoms with van der Waals surface area (Å²) < 4.78 is 0. The van der Waals surface area contributed by atoms with Gasteiger partial charge in [0.05, 0.1) is 6.54 Å². The van der Waals surface area contributed by atoms with Gasteiger partial charge in [0.1, 0.15) is 0 Å². The van der Waals surface area contributed by atoms with E-state index in [-0.39, 0.29) is 30.3 Å². The number of nitrogens with two attached hydrogens (primary N) is 1. The maximum atomic E-state index is 11.9. The molecule has 0 spiro atoms. The van der Waals surface area contributed by atoms with Gasteiger partial charge in [-0.25, -0.2) is 0 Å². The first-order valence-electron chi connectivity index (χ1n) is 6.15. The van der Waals surface area contributed by atoms with E-state index >= 15 is 0 Å². The van der Waals surface area contributed by atoms with E-state index in [2.05, 4.69) is 12.2 Å². The molecule has 0 aromatic carbocycles. The fourth-order valence-corrected chi connectivity index (χ4v) is 2.28. The normalized spacial score (nSPS) is 28.6. The molecule has 3 N–H and O–H groups in total. The maximum absolute atomic E-state index is 11.9. The number of likely N-dealkylation sites (N-methyl/N-ethyl adjacent to an activating group) is 1. The van der Waals surface area contributed by atoms with Crippen molar-refractivity contribution in [1.82, 2.24) is 10.2 Å². The highest BCUT2D eigenvalue weighted by Crippen LogP contribution is 2.28. The van der Waals surface area contributed by atoms with Crippen LogP contribution in [0.5, 0.6) is 0 Å². The minimum atomic E-state index is -0.0847. The van der Waals surface area contributed by atoms with Crippen LogP contribution in [0.2, 0.25) is 0 Å². The number of hydrogen-bond acceptors (Lipinski definition) is 3. The molecule has 1 fully saturated rings. The van der Waals surface area contributed by atoms with Gasteiger partial charge in [-0.1, -0.05) is 6.92 Å². The van der Waals surface area contributed by atoms with Crippen LogP contribution in [0.1, 0.15) is 26.2 Å². The summed E-state index contributed by atoms with van der Waals surface area (Å²) in [5, 5.41) is 2.71. The summed E-state index contributed by atoms with van der Waals surface area (Å²) in [5.74, 6) is 0.205. The topological polar surface area (TPSA) is 75.4 Å². The number of nitrogens with zero attached hydrogens (tertiary/aromatic N) is 1. The molecule has 2 amide bonds. The van der Waals surface area contributed by atoms with Crippen molar-refractivity contribution in [3.63, 3.8) is 0 Å². The van der Waals surface area contributed by atoms with E-state index in [9.17, 15) is 9.59 Å². The summed E-state index contributed by atoms with van der Waals surface area (Å²) in [6.07, 6.45) is 2.61. The second kappa shape index (κ2) is 6.00. The molecular weight excluding hydrogens is 218 g/mol. The maximum Gasteiger partial charge on any atom is 0.241 e.